The first-order valence-corrected chi connectivity index (χ1v) is 8.39. The van der Waals surface area contributed by atoms with Crippen LogP contribution in [0.4, 0.5) is 0 Å². The lowest BCUT2D eigenvalue weighted by Crippen LogP contribution is -2.36. The third kappa shape index (κ3) is 4.49. The molecule has 3 rings (SSSR count). The average molecular weight is 369 g/mol. The maximum absolute atomic E-state index is 12.0. The fourth-order valence-electron chi connectivity index (χ4n) is 2.38. The third-order valence-electron chi connectivity index (χ3n) is 3.78. The average Bonchev–Trinajstić information content (AvgIpc) is 3.20. The molecule has 132 valence electrons. The zero-order valence-corrected chi connectivity index (χ0v) is 14.6. The molecule has 0 spiro atoms. The number of hydrogen-bond acceptors (Lipinski definition) is 3. The zero-order valence-electron chi connectivity index (χ0n) is 13.8. The number of hydrogen-bond donors (Lipinski definition) is 3. The number of nitrogens with one attached hydrogen (secondary N) is 3. The van der Waals surface area contributed by atoms with Crippen LogP contribution in [0.25, 0.3) is 11.3 Å². The summed E-state index contributed by atoms with van der Waals surface area (Å²) in [6.45, 7) is 0.264. The number of rotatable bonds is 6. The Hall–Kier alpha value is -3.12. The summed E-state index contributed by atoms with van der Waals surface area (Å²) in [7, 11) is 0. The van der Waals surface area contributed by atoms with E-state index in [4.69, 9.17) is 11.6 Å². The van der Waals surface area contributed by atoms with Crippen molar-refractivity contribution >= 4 is 23.4 Å². The molecule has 0 unspecified atom stereocenters. The van der Waals surface area contributed by atoms with Gasteiger partial charge >= 0.3 is 0 Å². The Morgan fingerprint density at radius 3 is 2.46 bits per heavy atom. The van der Waals surface area contributed by atoms with E-state index in [0.29, 0.717) is 17.1 Å². The molecule has 0 saturated carbocycles. The second-order valence-electron chi connectivity index (χ2n) is 5.61. The van der Waals surface area contributed by atoms with Crippen LogP contribution in [0.5, 0.6) is 0 Å². The fraction of sp³-hybridized carbons (Fsp3) is 0.105. The normalized spacial score (nSPS) is 10.3. The Morgan fingerprint density at radius 2 is 1.77 bits per heavy atom. The van der Waals surface area contributed by atoms with E-state index in [2.05, 4.69) is 20.8 Å². The Morgan fingerprint density at radius 1 is 1.00 bits per heavy atom. The Bertz CT molecular complexity index is 892. The summed E-state index contributed by atoms with van der Waals surface area (Å²) < 4.78 is 0. The van der Waals surface area contributed by atoms with E-state index in [9.17, 15) is 9.59 Å². The molecule has 2 amide bonds. The molecule has 1 aromatic heterocycles. The van der Waals surface area contributed by atoms with Gasteiger partial charge in [-0.25, -0.2) is 0 Å². The summed E-state index contributed by atoms with van der Waals surface area (Å²) in [5.41, 5.74) is 3.25. The van der Waals surface area contributed by atoms with Gasteiger partial charge in [0.25, 0.3) is 5.91 Å². The molecule has 3 aromatic rings. The van der Waals surface area contributed by atoms with Crippen molar-refractivity contribution in [2.45, 2.75) is 6.54 Å². The van der Waals surface area contributed by atoms with E-state index >= 15 is 0 Å². The molecule has 0 atom stereocenters. The van der Waals surface area contributed by atoms with Gasteiger partial charge in [0, 0.05) is 12.7 Å². The molecule has 0 aliphatic rings. The van der Waals surface area contributed by atoms with Crippen molar-refractivity contribution in [1.82, 2.24) is 20.8 Å². The molecule has 6 nitrogen and oxygen atoms in total. The SMILES string of the molecule is O=C(CNC(=O)c1ccccc1Cl)NCc1ccc(-c2ccn[nH]2)cc1. The molecular weight excluding hydrogens is 352 g/mol. The van der Waals surface area contributed by atoms with Crippen LogP contribution in [-0.4, -0.2) is 28.6 Å². The standard InChI is InChI=1S/C19H17ClN4O2/c20-16-4-2-1-3-15(16)19(26)22-12-18(25)21-11-13-5-7-14(8-6-13)17-9-10-23-24-17/h1-10H,11-12H2,(H,21,25)(H,22,26)(H,23,24). The highest BCUT2D eigenvalue weighted by molar-refractivity contribution is 6.33. The monoisotopic (exact) mass is 368 g/mol. The van der Waals surface area contributed by atoms with Crippen LogP contribution in [0.1, 0.15) is 15.9 Å². The predicted octanol–water partition coefficient (Wildman–Crippen LogP) is 2.78. The Kier molecular flexibility index (Phi) is 5.66. The molecule has 0 aliphatic heterocycles. The molecule has 0 saturated heterocycles. The number of nitrogens with zero attached hydrogens (tertiary/aromatic N) is 1. The number of H-pyrrole nitrogens is 1. The van der Waals surface area contributed by atoms with Gasteiger partial charge in [-0.3, -0.25) is 14.7 Å². The molecule has 0 aliphatic carbocycles. The molecule has 0 fully saturated rings. The maximum atomic E-state index is 12.0. The number of aromatic amines is 1. The molecule has 7 heteroatoms. The van der Waals surface area contributed by atoms with Crippen molar-refractivity contribution < 1.29 is 9.59 Å². The minimum absolute atomic E-state index is 0.115. The molecular formula is C19H17ClN4O2. The number of carbonyl (C=O) groups is 2. The molecule has 0 radical (unpaired) electrons. The van der Waals surface area contributed by atoms with Crippen LogP contribution in [-0.2, 0) is 11.3 Å². The topological polar surface area (TPSA) is 86.9 Å². The van der Waals surface area contributed by atoms with Gasteiger partial charge in [-0.05, 0) is 29.3 Å². The molecule has 26 heavy (non-hydrogen) atoms. The first-order chi connectivity index (χ1) is 12.6. The number of amides is 2. The number of aromatic nitrogens is 2. The quantitative estimate of drug-likeness (QED) is 0.625. The minimum atomic E-state index is -0.380. The third-order valence-corrected chi connectivity index (χ3v) is 4.11. The van der Waals surface area contributed by atoms with E-state index in [0.717, 1.165) is 16.8 Å². The van der Waals surface area contributed by atoms with Crippen LogP contribution < -0.4 is 10.6 Å². The minimum Gasteiger partial charge on any atom is -0.350 e. The summed E-state index contributed by atoms with van der Waals surface area (Å²) in [4.78, 5) is 23.9. The summed E-state index contributed by atoms with van der Waals surface area (Å²) in [5.74, 6) is -0.655. The summed E-state index contributed by atoms with van der Waals surface area (Å²) in [6, 6.07) is 16.3. The van der Waals surface area contributed by atoms with Gasteiger partial charge in [0.05, 0.1) is 22.8 Å². The highest BCUT2D eigenvalue weighted by Crippen LogP contribution is 2.16. The van der Waals surface area contributed by atoms with Gasteiger partial charge in [-0.2, -0.15) is 5.10 Å². The van der Waals surface area contributed by atoms with Crippen molar-refractivity contribution in [3.63, 3.8) is 0 Å². The van der Waals surface area contributed by atoms with Gasteiger partial charge < -0.3 is 10.6 Å². The maximum Gasteiger partial charge on any atom is 0.253 e. The first kappa shape index (κ1) is 17.7. The largest absolute Gasteiger partial charge is 0.350 e. The highest BCUT2D eigenvalue weighted by Gasteiger charge is 2.10. The summed E-state index contributed by atoms with van der Waals surface area (Å²) >= 11 is 5.96. The van der Waals surface area contributed by atoms with Crippen molar-refractivity contribution in [1.29, 1.82) is 0 Å². The Labute approximate surface area is 155 Å². The van der Waals surface area contributed by atoms with E-state index in [1.54, 1.807) is 30.5 Å². The van der Waals surface area contributed by atoms with Crippen molar-refractivity contribution in [3.05, 3.63) is 76.9 Å². The second kappa shape index (κ2) is 8.31. The van der Waals surface area contributed by atoms with Crippen molar-refractivity contribution in [2.24, 2.45) is 0 Å². The highest BCUT2D eigenvalue weighted by atomic mass is 35.5. The zero-order chi connectivity index (χ0) is 18.4. The van der Waals surface area contributed by atoms with Gasteiger partial charge in [0.15, 0.2) is 0 Å². The van der Waals surface area contributed by atoms with Crippen LogP contribution in [0.15, 0.2) is 60.8 Å². The van der Waals surface area contributed by atoms with Gasteiger partial charge in [-0.15, -0.1) is 0 Å². The Balaban J connectivity index is 1.47. The molecule has 1 heterocycles. The van der Waals surface area contributed by atoms with Crippen LogP contribution >= 0.6 is 11.6 Å². The molecule has 0 bridgehead atoms. The van der Waals surface area contributed by atoms with Gasteiger partial charge in [-0.1, -0.05) is 48.0 Å². The van der Waals surface area contributed by atoms with E-state index in [1.165, 1.54) is 0 Å². The first-order valence-electron chi connectivity index (χ1n) is 8.01. The van der Waals surface area contributed by atoms with Crippen LogP contribution in [0, 0.1) is 0 Å². The fourth-order valence-corrected chi connectivity index (χ4v) is 2.60. The van der Waals surface area contributed by atoms with Gasteiger partial charge in [0.1, 0.15) is 0 Å². The number of carbonyl (C=O) groups excluding carboxylic acids is 2. The van der Waals surface area contributed by atoms with Crippen LogP contribution in [0.2, 0.25) is 5.02 Å². The summed E-state index contributed by atoms with van der Waals surface area (Å²) in [5, 5.41) is 12.5. The number of benzene rings is 2. The van der Waals surface area contributed by atoms with E-state index < -0.39 is 0 Å². The van der Waals surface area contributed by atoms with Crippen molar-refractivity contribution in [3.8, 4) is 11.3 Å². The molecule has 3 N–H and O–H groups in total. The van der Waals surface area contributed by atoms with Crippen LogP contribution in [0.3, 0.4) is 0 Å². The lowest BCUT2D eigenvalue weighted by Gasteiger charge is -2.08. The lowest BCUT2D eigenvalue weighted by atomic mass is 10.1. The lowest BCUT2D eigenvalue weighted by molar-refractivity contribution is -0.120. The van der Waals surface area contributed by atoms with Crippen molar-refractivity contribution in [2.75, 3.05) is 6.54 Å². The predicted molar refractivity (Wildman–Crippen MR) is 99.7 cm³/mol. The van der Waals surface area contributed by atoms with E-state index in [1.807, 2.05) is 30.3 Å². The molecule has 2 aromatic carbocycles. The van der Waals surface area contributed by atoms with Gasteiger partial charge in [0.2, 0.25) is 5.91 Å². The smallest absolute Gasteiger partial charge is 0.253 e. The summed E-state index contributed by atoms with van der Waals surface area (Å²) in [6.07, 6.45) is 1.69. The number of halogens is 1. The van der Waals surface area contributed by atoms with E-state index in [-0.39, 0.29) is 18.4 Å². The second-order valence-corrected chi connectivity index (χ2v) is 6.01.